The van der Waals surface area contributed by atoms with Crippen LogP contribution in [0.2, 0.25) is 0 Å². The molecule has 7 nitrogen and oxygen atoms in total. The zero-order valence-electron chi connectivity index (χ0n) is 16.5. The van der Waals surface area contributed by atoms with E-state index in [4.69, 9.17) is 9.26 Å². The summed E-state index contributed by atoms with van der Waals surface area (Å²) in [6.45, 7) is 1.11. The molecule has 0 radical (unpaired) electrons. The highest BCUT2D eigenvalue weighted by Crippen LogP contribution is 2.45. The summed E-state index contributed by atoms with van der Waals surface area (Å²) >= 11 is 0. The molecule has 4 aromatic rings. The van der Waals surface area contributed by atoms with Gasteiger partial charge in [0.05, 0.1) is 11.8 Å². The molecule has 31 heavy (non-hydrogen) atoms. The predicted octanol–water partition coefficient (Wildman–Crippen LogP) is 4.00. The third-order valence-electron chi connectivity index (χ3n) is 5.85. The SMILES string of the molecule is O=C(C1c2ccccc2Oc2ccccc21)N1CC(c2nc(-c3ccncc3)no2)C1. The van der Waals surface area contributed by atoms with Crippen molar-refractivity contribution in [3.8, 4) is 22.9 Å². The minimum atomic E-state index is -0.378. The molecular weight excluding hydrogens is 392 g/mol. The van der Waals surface area contributed by atoms with Crippen molar-refractivity contribution in [2.75, 3.05) is 13.1 Å². The summed E-state index contributed by atoms with van der Waals surface area (Å²) in [6.07, 6.45) is 3.39. The summed E-state index contributed by atoms with van der Waals surface area (Å²) in [5.74, 6) is 2.28. The fourth-order valence-electron chi connectivity index (χ4n) is 4.19. The number of benzene rings is 2. The topological polar surface area (TPSA) is 81.4 Å². The van der Waals surface area contributed by atoms with Gasteiger partial charge in [-0.05, 0) is 24.3 Å². The summed E-state index contributed by atoms with van der Waals surface area (Å²) in [5.41, 5.74) is 2.65. The molecular formula is C24H18N4O3. The van der Waals surface area contributed by atoms with E-state index < -0.39 is 0 Å². The molecule has 0 spiro atoms. The molecule has 4 heterocycles. The van der Waals surface area contributed by atoms with Crippen LogP contribution >= 0.6 is 0 Å². The Kier molecular flexibility index (Phi) is 4.06. The van der Waals surface area contributed by atoms with E-state index in [1.807, 2.05) is 65.6 Å². The van der Waals surface area contributed by atoms with Crippen molar-refractivity contribution in [2.45, 2.75) is 11.8 Å². The van der Waals surface area contributed by atoms with Crippen molar-refractivity contribution < 1.29 is 14.1 Å². The van der Waals surface area contributed by atoms with Crippen molar-refractivity contribution in [1.29, 1.82) is 0 Å². The monoisotopic (exact) mass is 410 g/mol. The molecule has 152 valence electrons. The van der Waals surface area contributed by atoms with E-state index in [0.29, 0.717) is 24.8 Å². The molecule has 2 aliphatic rings. The second-order valence-electron chi connectivity index (χ2n) is 7.74. The average Bonchev–Trinajstić information content (AvgIpc) is 3.26. The van der Waals surface area contributed by atoms with Gasteiger partial charge in [0, 0.05) is 42.2 Å². The van der Waals surface area contributed by atoms with Gasteiger partial charge in [0.1, 0.15) is 11.5 Å². The number of carbonyl (C=O) groups excluding carboxylic acids is 1. The molecule has 6 rings (SSSR count). The largest absolute Gasteiger partial charge is 0.457 e. The quantitative estimate of drug-likeness (QED) is 0.508. The number of hydrogen-bond donors (Lipinski definition) is 0. The molecule has 2 aliphatic heterocycles. The van der Waals surface area contributed by atoms with Gasteiger partial charge in [-0.25, -0.2) is 0 Å². The lowest BCUT2D eigenvalue weighted by molar-refractivity contribution is -0.136. The third kappa shape index (κ3) is 2.97. The Bertz CT molecular complexity index is 1220. The number of para-hydroxylation sites is 2. The number of fused-ring (bicyclic) bond motifs is 2. The molecule has 0 unspecified atom stereocenters. The molecule has 0 atom stereocenters. The van der Waals surface area contributed by atoms with Crippen LogP contribution in [0.4, 0.5) is 0 Å². The molecule has 1 fully saturated rings. The van der Waals surface area contributed by atoms with Crippen LogP contribution in [-0.2, 0) is 4.79 Å². The van der Waals surface area contributed by atoms with Gasteiger partial charge >= 0.3 is 0 Å². The maximum Gasteiger partial charge on any atom is 0.234 e. The zero-order chi connectivity index (χ0) is 20.8. The van der Waals surface area contributed by atoms with Gasteiger partial charge in [0.15, 0.2) is 0 Å². The number of likely N-dealkylation sites (tertiary alicyclic amines) is 1. The van der Waals surface area contributed by atoms with Crippen molar-refractivity contribution >= 4 is 5.91 Å². The average molecular weight is 410 g/mol. The Morgan fingerprint density at radius 2 is 1.55 bits per heavy atom. The van der Waals surface area contributed by atoms with E-state index in [0.717, 1.165) is 28.2 Å². The second-order valence-corrected chi connectivity index (χ2v) is 7.74. The first-order chi connectivity index (χ1) is 15.3. The van der Waals surface area contributed by atoms with E-state index >= 15 is 0 Å². The van der Waals surface area contributed by atoms with Gasteiger partial charge in [0.25, 0.3) is 0 Å². The molecule has 0 bridgehead atoms. The van der Waals surface area contributed by atoms with Crippen molar-refractivity contribution in [2.24, 2.45) is 0 Å². The molecule has 7 heteroatoms. The van der Waals surface area contributed by atoms with Gasteiger partial charge in [-0.15, -0.1) is 0 Å². The lowest BCUT2D eigenvalue weighted by Crippen LogP contribution is -2.50. The maximum atomic E-state index is 13.5. The number of hydrogen-bond acceptors (Lipinski definition) is 6. The van der Waals surface area contributed by atoms with Crippen molar-refractivity contribution in [3.05, 3.63) is 90.1 Å². The van der Waals surface area contributed by atoms with Crippen LogP contribution in [0.3, 0.4) is 0 Å². The summed E-state index contributed by atoms with van der Waals surface area (Å²) in [7, 11) is 0. The Morgan fingerprint density at radius 1 is 0.903 bits per heavy atom. The number of carbonyl (C=O) groups is 1. The van der Waals surface area contributed by atoms with Crippen LogP contribution in [0.15, 0.2) is 77.6 Å². The minimum Gasteiger partial charge on any atom is -0.457 e. The van der Waals surface area contributed by atoms with E-state index in [9.17, 15) is 4.79 Å². The summed E-state index contributed by atoms with van der Waals surface area (Å²) < 4.78 is 11.5. The summed E-state index contributed by atoms with van der Waals surface area (Å²) in [6, 6.07) is 19.1. The van der Waals surface area contributed by atoms with E-state index in [2.05, 4.69) is 15.1 Å². The molecule has 0 N–H and O–H groups in total. The van der Waals surface area contributed by atoms with E-state index in [1.54, 1.807) is 12.4 Å². The Morgan fingerprint density at radius 3 is 2.23 bits per heavy atom. The van der Waals surface area contributed by atoms with Crippen LogP contribution in [0, 0.1) is 0 Å². The summed E-state index contributed by atoms with van der Waals surface area (Å²) in [5, 5.41) is 4.07. The third-order valence-corrected chi connectivity index (χ3v) is 5.85. The molecule has 1 amide bonds. The normalized spacial score (nSPS) is 15.5. The number of nitrogens with zero attached hydrogens (tertiary/aromatic N) is 4. The molecule has 2 aromatic carbocycles. The van der Waals surface area contributed by atoms with Crippen LogP contribution in [0.1, 0.15) is 28.9 Å². The summed E-state index contributed by atoms with van der Waals surface area (Å²) in [4.78, 5) is 23.9. The number of amides is 1. The second kappa shape index (κ2) is 7.05. The highest BCUT2D eigenvalue weighted by atomic mass is 16.5. The van der Waals surface area contributed by atoms with Gasteiger partial charge in [-0.2, -0.15) is 4.98 Å². The molecule has 2 aromatic heterocycles. The highest BCUT2D eigenvalue weighted by Gasteiger charge is 2.41. The molecule has 0 saturated carbocycles. The number of ether oxygens (including phenoxy) is 1. The zero-order valence-corrected chi connectivity index (χ0v) is 16.5. The Hall–Kier alpha value is -4.00. The fourth-order valence-corrected chi connectivity index (χ4v) is 4.19. The number of pyridine rings is 1. The van der Waals surface area contributed by atoms with Gasteiger partial charge < -0.3 is 14.2 Å². The van der Waals surface area contributed by atoms with Gasteiger partial charge in [-0.3, -0.25) is 9.78 Å². The number of aromatic nitrogens is 3. The van der Waals surface area contributed by atoms with Crippen molar-refractivity contribution in [1.82, 2.24) is 20.0 Å². The standard InChI is InChI=1S/C24H18N4O3/c29-24(21-17-5-1-3-7-19(17)30-20-8-4-2-6-18(20)21)28-13-16(14-28)23-26-22(27-31-23)15-9-11-25-12-10-15/h1-12,16,21H,13-14H2. The molecule has 0 aliphatic carbocycles. The minimum absolute atomic E-state index is 0.0392. The lowest BCUT2D eigenvalue weighted by Gasteiger charge is -2.40. The van der Waals surface area contributed by atoms with Crippen LogP contribution < -0.4 is 4.74 Å². The van der Waals surface area contributed by atoms with Crippen LogP contribution in [0.25, 0.3) is 11.4 Å². The first kappa shape index (κ1) is 17.8. The predicted molar refractivity (Wildman–Crippen MR) is 112 cm³/mol. The number of rotatable bonds is 3. The first-order valence-corrected chi connectivity index (χ1v) is 10.2. The van der Waals surface area contributed by atoms with Gasteiger partial charge in [0.2, 0.25) is 17.6 Å². The van der Waals surface area contributed by atoms with E-state index in [1.165, 1.54) is 0 Å². The fraction of sp³-hybridized carbons (Fsp3) is 0.167. The van der Waals surface area contributed by atoms with Gasteiger partial charge in [-0.1, -0.05) is 41.6 Å². The van der Waals surface area contributed by atoms with Crippen molar-refractivity contribution in [3.63, 3.8) is 0 Å². The smallest absolute Gasteiger partial charge is 0.234 e. The first-order valence-electron chi connectivity index (χ1n) is 10.2. The molecule has 1 saturated heterocycles. The maximum absolute atomic E-state index is 13.5. The lowest BCUT2D eigenvalue weighted by atomic mass is 9.85. The Labute approximate surface area is 178 Å². The van der Waals surface area contributed by atoms with Crippen LogP contribution in [-0.4, -0.2) is 39.0 Å². The highest BCUT2D eigenvalue weighted by molar-refractivity contribution is 5.90. The van der Waals surface area contributed by atoms with E-state index in [-0.39, 0.29) is 17.7 Å². The Balaban J connectivity index is 1.23. The van der Waals surface area contributed by atoms with Crippen LogP contribution in [0.5, 0.6) is 11.5 Å².